The summed E-state index contributed by atoms with van der Waals surface area (Å²) in [4.78, 5) is 25.8. The molecule has 0 aliphatic carbocycles. The number of hydrogen-bond donors (Lipinski definition) is 2. The van der Waals surface area contributed by atoms with E-state index >= 15 is 0 Å². The number of H-pyrrole nitrogens is 1. The monoisotopic (exact) mass is 430 g/mol. The number of benzene rings is 1. The van der Waals surface area contributed by atoms with E-state index in [2.05, 4.69) is 21.9 Å². The van der Waals surface area contributed by atoms with Crippen LogP contribution in [0, 0.1) is 0 Å². The Hall–Kier alpha value is -3.71. The zero-order chi connectivity index (χ0) is 22.8. The lowest BCUT2D eigenvalue weighted by molar-refractivity contribution is -0.137. The van der Waals surface area contributed by atoms with Gasteiger partial charge in [0.25, 0.3) is 5.91 Å². The van der Waals surface area contributed by atoms with Gasteiger partial charge >= 0.3 is 0 Å². The molecule has 0 radical (unpaired) electrons. The van der Waals surface area contributed by atoms with Crippen LogP contribution >= 0.6 is 0 Å². The topological polar surface area (TPSA) is 91.3 Å². The van der Waals surface area contributed by atoms with E-state index in [4.69, 9.17) is 4.74 Å². The first-order valence-electron chi connectivity index (χ1n) is 10.4. The summed E-state index contributed by atoms with van der Waals surface area (Å²) < 4.78 is 5.58. The van der Waals surface area contributed by atoms with Crippen molar-refractivity contribution in [2.75, 3.05) is 21.2 Å². The van der Waals surface area contributed by atoms with E-state index in [1.165, 1.54) is 11.1 Å². The first-order valence-corrected chi connectivity index (χ1v) is 10.4. The molecule has 1 amide bonds. The Morgan fingerprint density at radius 3 is 2.66 bits per heavy atom. The molecule has 7 heteroatoms. The maximum atomic E-state index is 12.2. The number of aliphatic hydroxyl groups is 1. The summed E-state index contributed by atoms with van der Waals surface area (Å²) in [5.74, 6) is 0.396. The van der Waals surface area contributed by atoms with Crippen LogP contribution in [0.1, 0.15) is 24.2 Å². The summed E-state index contributed by atoms with van der Waals surface area (Å²) in [7, 11) is 4.89. The number of carbonyl (C=O) groups is 1. The highest BCUT2D eigenvalue weighted by atomic mass is 16.5. The number of rotatable bonds is 6. The van der Waals surface area contributed by atoms with E-state index in [0.717, 1.165) is 51.0 Å². The first kappa shape index (κ1) is 21.5. The molecule has 0 bridgehead atoms. The first-order chi connectivity index (χ1) is 15.5. The van der Waals surface area contributed by atoms with Gasteiger partial charge in [-0.2, -0.15) is 0 Å². The average Bonchev–Trinajstić information content (AvgIpc) is 3.26. The minimum absolute atomic E-state index is 0.391. The van der Waals surface area contributed by atoms with Crippen molar-refractivity contribution in [1.82, 2.24) is 19.9 Å². The van der Waals surface area contributed by atoms with Gasteiger partial charge in [-0.1, -0.05) is 25.1 Å². The molecule has 0 saturated heterocycles. The Labute approximate surface area is 186 Å². The fraction of sp³-hybridized carbons (Fsp3) is 0.240. The number of nitrogens with one attached hydrogen (secondary N) is 1. The highest BCUT2D eigenvalue weighted by molar-refractivity contribution is 6.00. The maximum absolute atomic E-state index is 12.2. The number of nitrogens with zero attached hydrogens (tertiary/aromatic N) is 3. The molecule has 0 aliphatic rings. The molecule has 0 spiro atoms. The van der Waals surface area contributed by atoms with E-state index in [1.807, 2.05) is 36.7 Å². The summed E-state index contributed by atoms with van der Waals surface area (Å²) in [6.45, 7) is 2.10. The number of aliphatic hydroxyl groups excluding tert-OH is 1. The number of aryl methyl sites for hydroxylation is 1. The Morgan fingerprint density at radius 1 is 1.16 bits per heavy atom. The lowest BCUT2D eigenvalue weighted by Gasteiger charge is -2.17. The lowest BCUT2D eigenvalue weighted by atomic mass is 9.94. The Kier molecular flexibility index (Phi) is 5.92. The van der Waals surface area contributed by atoms with E-state index in [-0.39, 0.29) is 0 Å². The number of aromatic amines is 1. The Bertz CT molecular complexity index is 1280. The van der Waals surface area contributed by atoms with Crippen LogP contribution in [0.2, 0.25) is 0 Å². The molecule has 0 fully saturated rings. The third kappa shape index (κ3) is 3.71. The van der Waals surface area contributed by atoms with E-state index < -0.39 is 12.0 Å². The minimum Gasteiger partial charge on any atom is -0.496 e. The van der Waals surface area contributed by atoms with Crippen LogP contribution in [0.4, 0.5) is 0 Å². The molecule has 164 valence electrons. The number of hydrogen-bond acceptors (Lipinski definition) is 5. The molecule has 2 N–H and O–H groups in total. The van der Waals surface area contributed by atoms with Gasteiger partial charge in [0, 0.05) is 72.1 Å². The van der Waals surface area contributed by atoms with E-state index in [1.54, 1.807) is 33.5 Å². The molecule has 0 aliphatic heterocycles. The zero-order valence-electron chi connectivity index (χ0n) is 18.6. The van der Waals surface area contributed by atoms with Gasteiger partial charge in [-0.3, -0.25) is 9.78 Å². The highest BCUT2D eigenvalue weighted by Gasteiger charge is 2.22. The van der Waals surface area contributed by atoms with Crippen LogP contribution in [0.5, 0.6) is 5.75 Å². The van der Waals surface area contributed by atoms with Gasteiger partial charge in [0.05, 0.1) is 7.11 Å². The van der Waals surface area contributed by atoms with Gasteiger partial charge < -0.3 is 19.7 Å². The van der Waals surface area contributed by atoms with Crippen molar-refractivity contribution in [2.45, 2.75) is 19.4 Å². The molecule has 4 rings (SSSR count). The number of ether oxygens (including phenoxy) is 1. The highest BCUT2D eigenvalue weighted by Crippen LogP contribution is 2.39. The van der Waals surface area contributed by atoms with Crippen molar-refractivity contribution < 1.29 is 14.6 Å². The standard InChI is InChI=1S/C25H26N4O3/c1-5-17-19(15-10-16(12-26-11-15)23(30)25(31)29(2)3)13-27-24-22(17)20(14-28-24)18-8-6-7-9-21(18)32-4/h6-14,23,30H,5H2,1-4H3,(H,27,28). The maximum Gasteiger partial charge on any atom is 0.255 e. The third-order valence-electron chi connectivity index (χ3n) is 5.62. The number of para-hydroxylation sites is 1. The number of likely N-dealkylation sites (N-methyl/N-ethyl adjacent to an activating group) is 1. The number of pyridine rings is 2. The quantitative estimate of drug-likeness (QED) is 0.483. The molecular weight excluding hydrogens is 404 g/mol. The van der Waals surface area contributed by atoms with Crippen LogP contribution in [-0.2, 0) is 11.2 Å². The second-order valence-electron chi connectivity index (χ2n) is 7.77. The van der Waals surface area contributed by atoms with Gasteiger partial charge in [0.15, 0.2) is 6.10 Å². The second kappa shape index (κ2) is 8.80. The zero-order valence-corrected chi connectivity index (χ0v) is 18.6. The van der Waals surface area contributed by atoms with Crippen LogP contribution in [0.15, 0.2) is 55.1 Å². The Morgan fingerprint density at radius 2 is 1.94 bits per heavy atom. The fourth-order valence-electron chi connectivity index (χ4n) is 4.00. The normalized spacial score (nSPS) is 12.0. The SMILES string of the molecule is CCc1c(-c2cncc(C(O)C(=O)N(C)C)c2)cnc2[nH]cc(-c3ccccc3OC)c12. The summed E-state index contributed by atoms with van der Waals surface area (Å²) >= 11 is 0. The fourth-order valence-corrected chi connectivity index (χ4v) is 4.00. The number of aromatic nitrogens is 3. The van der Waals surface area contributed by atoms with Crippen LogP contribution in [0.3, 0.4) is 0 Å². The average molecular weight is 431 g/mol. The number of carbonyl (C=O) groups excluding carboxylic acids is 1. The predicted molar refractivity (Wildman–Crippen MR) is 124 cm³/mol. The minimum atomic E-state index is -1.27. The molecule has 4 aromatic rings. The van der Waals surface area contributed by atoms with Crippen molar-refractivity contribution in [1.29, 1.82) is 0 Å². The predicted octanol–water partition coefficient (Wildman–Crippen LogP) is 3.98. The molecule has 0 saturated carbocycles. The van der Waals surface area contributed by atoms with Gasteiger partial charge in [-0.05, 0) is 24.1 Å². The lowest BCUT2D eigenvalue weighted by Crippen LogP contribution is -2.28. The molecule has 3 heterocycles. The van der Waals surface area contributed by atoms with Crippen LogP contribution < -0.4 is 4.74 Å². The molecular formula is C25H26N4O3. The molecule has 1 unspecified atom stereocenters. The molecule has 1 aromatic carbocycles. The van der Waals surface area contributed by atoms with Crippen molar-refractivity contribution in [3.8, 4) is 28.0 Å². The van der Waals surface area contributed by atoms with Gasteiger partial charge in [0.2, 0.25) is 0 Å². The van der Waals surface area contributed by atoms with Crippen molar-refractivity contribution >= 4 is 16.9 Å². The summed E-state index contributed by atoms with van der Waals surface area (Å²) in [6, 6.07) is 9.69. The largest absolute Gasteiger partial charge is 0.496 e. The van der Waals surface area contributed by atoms with E-state index in [9.17, 15) is 9.90 Å². The van der Waals surface area contributed by atoms with E-state index in [0.29, 0.717) is 5.56 Å². The number of amides is 1. The summed E-state index contributed by atoms with van der Waals surface area (Å²) in [5, 5.41) is 11.5. The Balaban J connectivity index is 1.88. The van der Waals surface area contributed by atoms with Crippen molar-refractivity contribution in [3.63, 3.8) is 0 Å². The summed E-state index contributed by atoms with van der Waals surface area (Å²) in [6.07, 6.45) is 6.50. The van der Waals surface area contributed by atoms with Gasteiger partial charge in [0.1, 0.15) is 11.4 Å². The molecule has 3 aromatic heterocycles. The van der Waals surface area contributed by atoms with Gasteiger partial charge in [-0.25, -0.2) is 4.98 Å². The molecule has 7 nitrogen and oxygen atoms in total. The van der Waals surface area contributed by atoms with Crippen molar-refractivity contribution in [2.24, 2.45) is 0 Å². The number of methoxy groups -OCH3 is 1. The van der Waals surface area contributed by atoms with Crippen molar-refractivity contribution in [3.05, 3.63) is 66.2 Å². The molecule has 1 atom stereocenters. The third-order valence-corrected chi connectivity index (χ3v) is 5.62. The molecule has 32 heavy (non-hydrogen) atoms. The summed E-state index contributed by atoms with van der Waals surface area (Å²) in [5.41, 5.74) is 6.04. The number of fused-ring (bicyclic) bond motifs is 1. The van der Waals surface area contributed by atoms with Gasteiger partial charge in [-0.15, -0.1) is 0 Å². The second-order valence-corrected chi connectivity index (χ2v) is 7.77. The van der Waals surface area contributed by atoms with Crippen LogP contribution in [-0.4, -0.2) is 52.1 Å². The van der Waals surface area contributed by atoms with Crippen LogP contribution in [0.25, 0.3) is 33.3 Å². The smallest absolute Gasteiger partial charge is 0.255 e.